The fourth-order valence-electron chi connectivity index (χ4n) is 1.72. The number of rotatable bonds is 5. The lowest BCUT2D eigenvalue weighted by Crippen LogP contribution is -2.17. The summed E-state index contributed by atoms with van der Waals surface area (Å²) >= 11 is 0. The van der Waals surface area contributed by atoms with Crippen molar-refractivity contribution in [2.45, 2.75) is 6.36 Å². The summed E-state index contributed by atoms with van der Waals surface area (Å²) in [4.78, 5) is 22.1. The van der Waals surface area contributed by atoms with Crippen LogP contribution in [-0.4, -0.2) is 34.5 Å². The van der Waals surface area contributed by atoms with Crippen LogP contribution in [0.2, 0.25) is 0 Å². The van der Waals surface area contributed by atoms with Crippen LogP contribution in [0.5, 0.6) is 11.6 Å². The molecule has 1 aromatic carbocycles. The molecule has 24 heavy (non-hydrogen) atoms. The number of H-pyrrole nitrogens is 1. The average molecular weight is 346 g/mol. The highest BCUT2D eigenvalue weighted by molar-refractivity contribution is 6.06. The van der Waals surface area contributed by atoms with E-state index in [0.29, 0.717) is 0 Å². The number of carbonyl (C=O) groups excluding carboxylic acids is 1. The molecule has 12 heteroatoms. The second-order valence-electron chi connectivity index (χ2n) is 4.24. The number of nitro groups is 1. The van der Waals surface area contributed by atoms with E-state index in [2.05, 4.69) is 25.0 Å². The molecule has 0 bridgehead atoms. The van der Waals surface area contributed by atoms with Crippen molar-refractivity contribution in [1.29, 1.82) is 0 Å². The lowest BCUT2D eigenvalue weighted by molar-refractivity contribution is -0.386. The predicted octanol–water partition coefficient (Wildman–Crippen LogP) is 2.48. The molecular weight excluding hydrogens is 337 g/mol. The quantitative estimate of drug-likeness (QED) is 0.634. The molecule has 0 aliphatic carbocycles. The summed E-state index contributed by atoms with van der Waals surface area (Å²) in [6.07, 6.45) is -4.84. The van der Waals surface area contributed by atoms with E-state index in [4.69, 9.17) is 0 Å². The van der Waals surface area contributed by atoms with Crippen LogP contribution in [0.1, 0.15) is 10.5 Å². The lowest BCUT2D eigenvalue weighted by atomic mass is 10.2. The van der Waals surface area contributed by atoms with Crippen LogP contribution < -0.4 is 14.8 Å². The standard InChI is InChI=1S/C12H9F3N4O5/c1-23-11-9(19(21)22)8(17-18-11)10(20)16-6-2-4-7(5-3-6)24-12(13,14)15/h2-5H,1H3,(H,16,20)(H,17,18). The zero-order valence-electron chi connectivity index (χ0n) is 11.9. The lowest BCUT2D eigenvalue weighted by Gasteiger charge is -2.09. The molecule has 1 amide bonds. The van der Waals surface area contributed by atoms with E-state index in [9.17, 15) is 28.1 Å². The molecule has 0 saturated carbocycles. The Labute approximate surface area is 131 Å². The van der Waals surface area contributed by atoms with Crippen molar-refractivity contribution in [3.8, 4) is 11.6 Å². The third kappa shape index (κ3) is 3.91. The number of nitrogens with one attached hydrogen (secondary N) is 2. The number of anilines is 1. The SMILES string of the molecule is COc1n[nH]c(C(=O)Nc2ccc(OC(F)(F)F)cc2)c1[N+](=O)[O-]. The van der Waals surface area contributed by atoms with Gasteiger partial charge in [-0.3, -0.25) is 20.0 Å². The number of methoxy groups -OCH3 is 1. The summed E-state index contributed by atoms with van der Waals surface area (Å²) in [6, 6.07) is 4.23. The van der Waals surface area contributed by atoms with E-state index < -0.39 is 34.3 Å². The maximum Gasteiger partial charge on any atom is 0.573 e. The highest BCUT2D eigenvalue weighted by Crippen LogP contribution is 2.29. The summed E-state index contributed by atoms with van der Waals surface area (Å²) in [6.45, 7) is 0. The van der Waals surface area contributed by atoms with Gasteiger partial charge in [0, 0.05) is 5.69 Å². The molecule has 0 radical (unpaired) electrons. The molecule has 0 spiro atoms. The third-order valence-corrected chi connectivity index (χ3v) is 2.66. The number of amides is 1. The number of nitrogens with zero attached hydrogens (tertiary/aromatic N) is 2. The van der Waals surface area contributed by atoms with Crippen molar-refractivity contribution in [2.75, 3.05) is 12.4 Å². The number of alkyl halides is 3. The second-order valence-corrected chi connectivity index (χ2v) is 4.24. The van der Waals surface area contributed by atoms with Crippen LogP contribution in [0.15, 0.2) is 24.3 Å². The molecule has 2 N–H and O–H groups in total. The smallest absolute Gasteiger partial charge is 0.475 e. The Hall–Kier alpha value is -3.31. The van der Waals surface area contributed by atoms with Gasteiger partial charge in [0.15, 0.2) is 0 Å². The van der Waals surface area contributed by atoms with Crippen molar-refractivity contribution in [1.82, 2.24) is 10.2 Å². The Morgan fingerprint density at radius 2 is 1.96 bits per heavy atom. The van der Waals surface area contributed by atoms with Crippen LogP contribution in [0.25, 0.3) is 0 Å². The van der Waals surface area contributed by atoms with Crippen molar-refractivity contribution in [3.63, 3.8) is 0 Å². The van der Waals surface area contributed by atoms with Gasteiger partial charge in [-0.05, 0) is 24.3 Å². The number of hydrogen-bond donors (Lipinski definition) is 2. The summed E-state index contributed by atoms with van der Waals surface area (Å²) in [5, 5.41) is 18.9. The van der Waals surface area contributed by atoms with Gasteiger partial charge in [0.05, 0.1) is 12.0 Å². The number of aromatic nitrogens is 2. The van der Waals surface area contributed by atoms with E-state index in [1.54, 1.807) is 0 Å². The molecule has 0 aliphatic rings. The molecule has 1 heterocycles. The van der Waals surface area contributed by atoms with E-state index >= 15 is 0 Å². The maximum atomic E-state index is 12.1. The largest absolute Gasteiger partial charge is 0.573 e. The molecule has 2 aromatic rings. The van der Waals surface area contributed by atoms with Gasteiger partial charge in [-0.15, -0.1) is 18.3 Å². The molecule has 0 atom stereocenters. The normalized spacial score (nSPS) is 11.0. The Bertz CT molecular complexity index is 757. The maximum absolute atomic E-state index is 12.1. The summed E-state index contributed by atoms with van der Waals surface area (Å²) in [7, 11) is 1.14. The molecule has 9 nitrogen and oxygen atoms in total. The minimum atomic E-state index is -4.84. The van der Waals surface area contributed by atoms with Crippen molar-refractivity contribution < 1.29 is 32.4 Å². The molecular formula is C12H9F3N4O5. The number of aromatic amines is 1. The third-order valence-electron chi connectivity index (χ3n) is 2.66. The fraction of sp³-hybridized carbons (Fsp3) is 0.167. The number of hydrogen-bond acceptors (Lipinski definition) is 6. The van der Waals surface area contributed by atoms with Crippen molar-refractivity contribution in [2.24, 2.45) is 0 Å². The van der Waals surface area contributed by atoms with Gasteiger partial charge < -0.3 is 14.8 Å². The average Bonchev–Trinajstić information content (AvgIpc) is 2.92. The van der Waals surface area contributed by atoms with E-state index in [-0.39, 0.29) is 11.6 Å². The van der Waals surface area contributed by atoms with Gasteiger partial charge in [-0.2, -0.15) is 0 Å². The molecule has 0 unspecified atom stereocenters. The van der Waals surface area contributed by atoms with E-state index in [1.165, 1.54) is 0 Å². The highest BCUT2D eigenvalue weighted by atomic mass is 19.4. The monoisotopic (exact) mass is 346 g/mol. The van der Waals surface area contributed by atoms with Crippen LogP contribution in [-0.2, 0) is 0 Å². The van der Waals surface area contributed by atoms with Gasteiger partial charge in [0.1, 0.15) is 5.75 Å². The first-order valence-electron chi connectivity index (χ1n) is 6.15. The Morgan fingerprint density at radius 1 is 1.33 bits per heavy atom. The Kier molecular flexibility index (Phi) is 4.57. The first-order chi connectivity index (χ1) is 11.2. The zero-order chi connectivity index (χ0) is 17.9. The van der Waals surface area contributed by atoms with E-state index in [1.807, 2.05) is 0 Å². The van der Waals surface area contributed by atoms with Gasteiger partial charge >= 0.3 is 17.9 Å². The molecule has 0 aliphatic heterocycles. The number of benzene rings is 1. The molecule has 0 fully saturated rings. The molecule has 128 valence electrons. The van der Waals surface area contributed by atoms with Crippen LogP contribution in [0, 0.1) is 10.1 Å². The number of carbonyl (C=O) groups is 1. The molecule has 2 rings (SSSR count). The Morgan fingerprint density at radius 3 is 2.46 bits per heavy atom. The second kappa shape index (κ2) is 6.44. The van der Waals surface area contributed by atoms with Crippen molar-refractivity contribution >= 4 is 17.3 Å². The summed E-state index contributed by atoms with van der Waals surface area (Å²) in [5.74, 6) is -1.77. The topological polar surface area (TPSA) is 119 Å². The van der Waals surface area contributed by atoms with Gasteiger partial charge in [0.25, 0.3) is 5.91 Å². The van der Waals surface area contributed by atoms with Crippen molar-refractivity contribution in [3.05, 3.63) is 40.1 Å². The van der Waals surface area contributed by atoms with Gasteiger partial charge in [-0.1, -0.05) is 0 Å². The van der Waals surface area contributed by atoms with Gasteiger partial charge in [-0.25, -0.2) is 0 Å². The zero-order valence-corrected chi connectivity index (χ0v) is 11.9. The number of halogens is 3. The summed E-state index contributed by atoms with van der Waals surface area (Å²) < 4.78 is 44.5. The minimum Gasteiger partial charge on any atom is -0.475 e. The fourth-order valence-corrected chi connectivity index (χ4v) is 1.72. The summed E-state index contributed by atoms with van der Waals surface area (Å²) in [5.41, 5.74) is -1.03. The first kappa shape index (κ1) is 17.1. The first-order valence-corrected chi connectivity index (χ1v) is 6.15. The van der Waals surface area contributed by atoms with Gasteiger partial charge in [0.2, 0.25) is 5.69 Å². The van der Waals surface area contributed by atoms with Crippen LogP contribution in [0.3, 0.4) is 0 Å². The minimum absolute atomic E-state index is 0.0948. The Balaban J connectivity index is 2.16. The molecule has 0 saturated heterocycles. The number of ether oxygens (including phenoxy) is 2. The molecule has 1 aromatic heterocycles. The van der Waals surface area contributed by atoms with Crippen LogP contribution >= 0.6 is 0 Å². The van der Waals surface area contributed by atoms with E-state index in [0.717, 1.165) is 31.4 Å². The predicted molar refractivity (Wildman–Crippen MR) is 72.9 cm³/mol. The highest BCUT2D eigenvalue weighted by Gasteiger charge is 2.31. The van der Waals surface area contributed by atoms with Crippen LogP contribution in [0.4, 0.5) is 24.5 Å².